The van der Waals surface area contributed by atoms with Crippen molar-refractivity contribution in [2.45, 2.75) is 32.1 Å². The normalized spacial score (nSPS) is 18.4. The fourth-order valence-electron chi connectivity index (χ4n) is 2.59. The van der Waals surface area contributed by atoms with E-state index in [4.69, 9.17) is 4.52 Å². The molecule has 0 saturated carbocycles. The number of benzene rings is 1. The van der Waals surface area contributed by atoms with Gasteiger partial charge in [-0.05, 0) is 38.4 Å². The van der Waals surface area contributed by atoms with Crippen LogP contribution in [0.2, 0.25) is 0 Å². The third kappa shape index (κ3) is 2.28. The Morgan fingerprint density at radius 2 is 1.95 bits per heavy atom. The van der Waals surface area contributed by atoms with Gasteiger partial charge in [0.1, 0.15) is 0 Å². The van der Waals surface area contributed by atoms with Gasteiger partial charge in [0.15, 0.2) is 0 Å². The number of hydrogen-bond acceptors (Lipinski definition) is 4. The van der Waals surface area contributed by atoms with Crippen molar-refractivity contribution in [2.24, 2.45) is 0 Å². The predicted molar refractivity (Wildman–Crippen MR) is 73.9 cm³/mol. The molecule has 1 aliphatic heterocycles. The minimum atomic E-state index is 0.0131. The second kappa shape index (κ2) is 4.78. The molecule has 100 valence electrons. The Morgan fingerprint density at radius 1 is 1.21 bits per heavy atom. The number of piperidine rings is 1. The Kier molecular flexibility index (Phi) is 3.11. The molecule has 2 aromatic rings. The second-order valence-corrected chi connectivity index (χ2v) is 5.55. The molecule has 2 heterocycles. The quantitative estimate of drug-likeness (QED) is 0.898. The number of nitrogens with zero attached hydrogens (tertiary/aromatic N) is 2. The number of aromatic nitrogens is 2. The molecule has 0 spiro atoms. The first-order valence-corrected chi connectivity index (χ1v) is 6.80. The van der Waals surface area contributed by atoms with E-state index >= 15 is 0 Å². The van der Waals surface area contributed by atoms with Gasteiger partial charge in [-0.1, -0.05) is 36.3 Å². The summed E-state index contributed by atoms with van der Waals surface area (Å²) >= 11 is 0. The summed E-state index contributed by atoms with van der Waals surface area (Å²) in [5.74, 6) is 1.47. The lowest BCUT2D eigenvalue weighted by atomic mass is 9.81. The lowest BCUT2D eigenvalue weighted by molar-refractivity contribution is 0.241. The summed E-state index contributed by atoms with van der Waals surface area (Å²) in [5.41, 5.74) is 2.24. The van der Waals surface area contributed by atoms with Crippen LogP contribution in [-0.2, 0) is 5.41 Å². The third-order valence-corrected chi connectivity index (χ3v) is 4.04. The second-order valence-electron chi connectivity index (χ2n) is 5.55. The Hall–Kier alpha value is -1.68. The number of aryl methyl sites for hydroxylation is 1. The Labute approximate surface area is 113 Å². The van der Waals surface area contributed by atoms with E-state index in [0.29, 0.717) is 5.82 Å². The van der Waals surface area contributed by atoms with Crippen LogP contribution in [0.3, 0.4) is 0 Å². The highest BCUT2D eigenvalue weighted by Crippen LogP contribution is 2.33. The summed E-state index contributed by atoms with van der Waals surface area (Å²) < 4.78 is 5.53. The molecule has 1 N–H and O–H groups in total. The average Bonchev–Trinajstić information content (AvgIpc) is 2.90. The molecule has 1 fully saturated rings. The maximum Gasteiger partial charge on any atom is 0.232 e. The third-order valence-electron chi connectivity index (χ3n) is 4.04. The predicted octanol–water partition coefficient (Wildman–Crippen LogP) is 2.69. The van der Waals surface area contributed by atoms with E-state index in [1.807, 2.05) is 18.2 Å². The van der Waals surface area contributed by atoms with Crippen LogP contribution >= 0.6 is 0 Å². The highest BCUT2D eigenvalue weighted by molar-refractivity contribution is 5.59. The molecule has 0 amide bonds. The lowest BCUT2D eigenvalue weighted by Gasteiger charge is -2.30. The van der Waals surface area contributed by atoms with Crippen LogP contribution in [0.5, 0.6) is 0 Å². The maximum atomic E-state index is 5.53. The number of rotatable bonds is 2. The highest BCUT2D eigenvalue weighted by Gasteiger charge is 2.34. The summed E-state index contributed by atoms with van der Waals surface area (Å²) in [6.45, 7) is 6.30. The van der Waals surface area contributed by atoms with Crippen molar-refractivity contribution < 1.29 is 4.52 Å². The van der Waals surface area contributed by atoms with Crippen LogP contribution in [0.15, 0.2) is 28.8 Å². The Bertz CT molecular complexity index is 570. The first kappa shape index (κ1) is 12.4. The van der Waals surface area contributed by atoms with Crippen molar-refractivity contribution in [1.29, 1.82) is 0 Å². The smallest absolute Gasteiger partial charge is 0.232 e. The summed E-state index contributed by atoms with van der Waals surface area (Å²) in [6.07, 6.45) is 2.09. The topological polar surface area (TPSA) is 51.0 Å². The molecule has 3 rings (SSSR count). The molecule has 19 heavy (non-hydrogen) atoms. The van der Waals surface area contributed by atoms with Crippen LogP contribution in [-0.4, -0.2) is 23.2 Å². The van der Waals surface area contributed by atoms with Crippen LogP contribution in [0, 0.1) is 6.92 Å². The van der Waals surface area contributed by atoms with Gasteiger partial charge in [-0.3, -0.25) is 0 Å². The molecular formula is C15H19N3O. The van der Waals surface area contributed by atoms with E-state index in [1.165, 1.54) is 5.56 Å². The first-order valence-electron chi connectivity index (χ1n) is 6.80. The zero-order valence-electron chi connectivity index (χ0n) is 11.4. The highest BCUT2D eigenvalue weighted by atomic mass is 16.5. The number of hydrogen-bond donors (Lipinski definition) is 1. The summed E-state index contributed by atoms with van der Waals surface area (Å²) in [5, 5.41) is 7.53. The van der Waals surface area contributed by atoms with Gasteiger partial charge in [0.2, 0.25) is 11.7 Å². The SMILES string of the molecule is Cc1ccccc1-c1noc(C2(C)CCNCC2)n1. The van der Waals surface area contributed by atoms with Gasteiger partial charge >= 0.3 is 0 Å². The molecule has 0 bridgehead atoms. The molecule has 1 aromatic carbocycles. The number of nitrogens with one attached hydrogen (secondary N) is 1. The molecule has 1 aromatic heterocycles. The summed E-state index contributed by atoms with van der Waals surface area (Å²) in [7, 11) is 0. The van der Waals surface area contributed by atoms with Crippen molar-refractivity contribution >= 4 is 0 Å². The first-order chi connectivity index (χ1) is 9.19. The molecule has 1 saturated heterocycles. The van der Waals surface area contributed by atoms with Crippen molar-refractivity contribution in [1.82, 2.24) is 15.5 Å². The largest absolute Gasteiger partial charge is 0.338 e. The van der Waals surface area contributed by atoms with Crippen molar-refractivity contribution in [3.05, 3.63) is 35.7 Å². The van der Waals surface area contributed by atoms with E-state index < -0.39 is 0 Å². The van der Waals surface area contributed by atoms with Gasteiger partial charge in [-0.15, -0.1) is 0 Å². The summed E-state index contributed by atoms with van der Waals surface area (Å²) in [6, 6.07) is 8.13. The molecular weight excluding hydrogens is 238 g/mol. The van der Waals surface area contributed by atoms with Crippen LogP contribution in [0.25, 0.3) is 11.4 Å². The average molecular weight is 257 g/mol. The minimum Gasteiger partial charge on any atom is -0.338 e. The van der Waals surface area contributed by atoms with Crippen molar-refractivity contribution in [3.63, 3.8) is 0 Å². The van der Waals surface area contributed by atoms with E-state index in [9.17, 15) is 0 Å². The van der Waals surface area contributed by atoms with Crippen LogP contribution in [0.4, 0.5) is 0 Å². The molecule has 4 nitrogen and oxygen atoms in total. The van der Waals surface area contributed by atoms with Gasteiger partial charge in [0.25, 0.3) is 0 Å². The van der Waals surface area contributed by atoms with E-state index in [0.717, 1.165) is 37.4 Å². The zero-order chi connectivity index (χ0) is 13.3. The monoisotopic (exact) mass is 257 g/mol. The van der Waals surface area contributed by atoms with Crippen molar-refractivity contribution in [2.75, 3.05) is 13.1 Å². The van der Waals surface area contributed by atoms with Gasteiger partial charge in [-0.2, -0.15) is 4.98 Å². The van der Waals surface area contributed by atoms with E-state index in [2.05, 4.69) is 35.4 Å². The molecule has 0 aliphatic carbocycles. The van der Waals surface area contributed by atoms with E-state index in [1.54, 1.807) is 0 Å². The van der Waals surface area contributed by atoms with Gasteiger partial charge in [-0.25, -0.2) is 0 Å². The van der Waals surface area contributed by atoms with Gasteiger partial charge in [0.05, 0.1) is 0 Å². The molecule has 0 atom stereocenters. The Morgan fingerprint density at radius 3 is 2.68 bits per heavy atom. The molecule has 0 unspecified atom stereocenters. The molecule has 1 aliphatic rings. The van der Waals surface area contributed by atoms with Crippen molar-refractivity contribution in [3.8, 4) is 11.4 Å². The fraction of sp³-hybridized carbons (Fsp3) is 0.467. The van der Waals surface area contributed by atoms with Crippen LogP contribution in [0.1, 0.15) is 31.2 Å². The fourth-order valence-corrected chi connectivity index (χ4v) is 2.59. The standard InChI is InChI=1S/C15H19N3O/c1-11-5-3-4-6-12(11)13-17-14(19-18-13)15(2)7-9-16-10-8-15/h3-6,16H,7-10H2,1-2H3. The summed E-state index contributed by atoms with van der Waals surface area (Å²) in [4.78, 5) is 4.63. The molecule has 4 heteroatoms. The Balaban J connectivity index is 1.93. The lowest BCUT2D eigenvalue weighted by Crippen LogP contribution is -2.37. The van der Waals surface area contributed by atoms with E-state index in [-0.39, 0.29) is 5.41 Å². The van der Waals surface area contributed by atoms with Crippen LogP contribution < -0.4 is 5.32 Å². The van der Waals surface area contributed by atoms with Gasteiger partial charge < -0.3 is 9.84 Å². The maximum absolute atomic E-state index is 5.53. The van der Waals surface area contributed by atoms with Gasteiger partial charge in [0, 0.05) is 11.0 Å². The zero-order valence-corrected chi connectivity index (χ0v) is 11.4. The minimum absolute atomic E-state index is 0.0131. The molecule has 0 radical (unpaired) electrons.